The van der Waals surface area contributed by atoms with Gasteiger partial charge in [0, 0.05) is 36.7 Å². The van der Waals surface area contributed by atoms with Gasteiger partial charge >= 0.3 is 0 Å². The number of rotatable bonds is 4. The fourth-order valence-electron chi connectivity index (χ4n) is 3.54. The number of anilines is 1. The molecule has 0 spiro atoms. The molecule has 2 aromatic heterocycles. The average molecular weight is 405 g/mol. The number of pyridine rings is 1. The van der Waals surface area contributed by atoms with E-state index in [0.717, 1.165) is 27.4 Å². The number of amides is 1. The molecule has 0 fully saturated rings. The number of aromatic nitrogens is 1. The highest BCUT2D eigenvalue weighted by molar-refractivity contribution is 5.92. The van der Waals surface area contributed by atoms with Crippen molar-refractivity contribution in [2.75, 3.05) is 18.7 Å². The summed E-state index contributed by atoms with van der Waals surface area (Å²) in [6.45, 7) is 2.58. The smallest absolute Gasteiger partial charge is 0.246 e. The second kappa shape index (κ2) is 8.12. The molecule has 1 aliphatic heterocycles. The standard InChI is InChI=1S/C23H23N3O4/c1-15-18-5-3-4-6-21(18)30-22(15)14-25(2)23(28)8-7-16-11-20-19(24-13-16)12-17(27)9-10-26(20)29/h3-8,11,13,29H,9-10,12,14H2,1-2H3. The minimum atomic E-state index is -0.180. The van der Waals surface area contributed by atoms with Gasteiger partial charge in [-0.1, -0.05) is 18.2 Å². The molecule has 7 nitrogen and oxygen atoms in total. The fraction of sp³-hybridized carbons (Fsp3) is 0.261. The van der Waals surface area contributed by atoms with Crippen LogP contribution in [0.25, 0.3) is 17.0 Å². The van der Waals surface area contributed by atoms with E-state index in [9.17, 15) is 14.8 Å². The van der Waals surface area contributed by atoms with E-state index in [0.29, 0.717) is 23.5 Å². The number of hydrogen-bond acceptors (Lipinski definition) is 6. The van der Waals surface area contributed by atoms with Gasteiger partial charge < -0.3 is 9.32 Å². The molecule has 0 bridgehead atoms. The fourth-order valence-corrected chi connectivity index (χ4v) is 3.54. The molecule has 1 N–H and O–H groups in total. The second-order valence-electron chi connectivity index (χ2n) is 7.50. The molecular formula is C23H23N3O4. The Morgan fingerprint density at radius 1 is 1.37 bits per heavy atom. The Morgan fingerprint density at radius 3 is 2.97 bits per heavy atom. The minimum absolute atomic E-state index is 0.0428. The number of hydroxylamine groups is 1. The van der Waals surface area contributed by atoms with Crippen LogP contribution in [0.15, 0.2) is 47.0 Å². The normalized spacial score (nSPS) is 14.2. The van der Waals surface area contributed by atoms with Gasteiger partial charge in [0.15, 0.2) is 0 Å². The summed E-state index contributed by atoms with van der Waals surface area (Å²) < 4.78 is 5.89. The van der Waals surface area contributed by atoms with E-state index in [1.54, 1.807) is 30.3 Å². The van der Waals surface area contributed by atoms with E-state index in [-0.39, 0.29) is 31.1 Å². The summed E-state index contributed by atoms with van der Waals surface area (Å²) >= 11 is 0. The van der Waals surface area contributed by atoms with Crippen molar-refractivity contribution in [3.63, 3.8) is 0 Å². The molecule has 0 unspecified atom stereocenters. The number of Topliss-reactive ketones (excluding diaryl/α,β-unsaturated/α-hetero) is 1. The van der Waals surface area contributed by atoms with Crippen molar-refractivity contribution >= 4 is 34.4 Å². The zero-order chi connectivity index (χ0) is 21.3. The van der Waals surface area contributed by atoms with Crippen molar-refractivity contribution in [2.45, 2.75) is 26.3 Å². The third-order valence-corrected chi connectivity index (χ3v) is 5.33. The molecular weight excluding hydrogens is 382 g/mol. The maximum Gasteiger partial charge on any atom is 0.246 e. The number of benzene rings is 1. The van der Waals surface area contributed by atoms with Crippen LogP contribution in [-0.2, 0) is 22.6 Å². The molecule has 1 amide bonds. The topological polar surface area (TPSA) is 86.9 Å². The maximum absolute atomic E-state index is 12.6. The first kappa shape index (κ1) is 19.8. The Bertz CT molecular complexity index is 1150. The molecule has 0 radical (unpaired) electrons. The minimum Gasteiger partial charge on any atom is -0.459 e. The molecule has 154 valence electrons. The molecule has 1 aromatic carbocycles. The van der Waals surface area contributed by atoms with Crippen LogP contribution in [0, 0.1) is 6.92 Å². The Hall–Kier alpha value is -3.45. The van der Waals surface area contributed by atoms with Crippen LogP contribution >= 0.6 is 0 Å². The lowest BCUT2D eigenvalue weighted by atomic mass is 10.1. The summed E-state index contributed by atoms with van der Waals surface area (Å²) in [6, 6.07) is 9.53. The third-order valence-electron chi connectivity index (χ3n) is 5.33. The first-order chi connectivity index (χ1) is 14.4. The summed E-state index contributed by atoms with van der Waals surface area (Å²) in [6.07, 6.45) is 5.19. The highest BCUT2D eigenvalue weighted by atomic mass is 16.5. The van der Waals surface area contributed by atoms with Crippen LogP contribution in [-0.4, -0.2) is 40.4 Å². The highest BCUT2D eigenvalue weighted by Crippen LogP contribution is 2.26. The van der Waals surface area contributed by atoms with Gasteiger partial charge in [0.2, 0.25) is 5.91 Å². The first-order valence-corrected chi connectivity index (χ1v) is 9.79. The zero-order valence-corrected chi connectivity index (χ0v) is 17.0. The molecule has 7 heteroatoms. The van der Waals surface area contributed by atoms with Gasteiger partial charge in [0.25, 0.3) is 0 Å². The van der Waals surface area contributed by atoms with Gasteiger partial charge in [-0.15, -0.1) is 0 Å². The van der Waals surface area contributed by atoms with E-state index in [1.807, 2.05) is 31.2 Å². The summed E-state index contributed by atoms with van der Waals surface area (Å²) in [7, 11) is 1.72. The number of hydrogen-bond donors (Lipinski definition) is 1. The molecule has 4 rings (SSSR count). The predicted octanol–water partition coefficient (Wildman–Crippen LogP) is 3.52. The van der Waals surface area contributed by atoms with Gasteiger partial charge in [-0.05, 0) is 30.7 Å². The predicted molar refractivity (Wildman–Crippen MR) is 113 cm³/mol. The van der Waals surface area contributed by atoms with Crippen molar-refractivity contribution in [3.05, 3.63) is 65.2 Å². The lowest BCUT2D eigenvalue weighted by Crippen LogP contribution is -2.24. The molecule has 0 aliphatic carbocycles. The molecule has 1 aliphatic rings. The number of furan rings is 1. The number of aryl methyl sites for hydroxylation is 1. The monoisotopic (exact) mass is 405 g/mol. The Balaban J connectivity index is 1.48. The van der Waals surface area contributed by atoms with E-state index in [4.69, 9.17) is 4.42 Å². The highest BCUT2D eigenvalue weighted by Gasteiger charge is 2.20. The maximum atomic E-state index is 12.6. The lowest BCUT2D eigenvalue weighted by molar-refractivity contribution is -0.125. The van der Waals surface area contributed by atoms with E-state index >= 15 is 0 Å². The largest absolute Gasteiger partial charge is 0.459 e. The van der Waals surface area contributed by atoms with E-state index in [2.05, 4.69) is 4.98 Å². The van der Waals surface area contributed by atoms with Crippen LogP contribution in [0.3, 0.4) is 0 Å². The Labute approximate surface area is 174 Å². The van der Waals surface area contributed by atoms with Crippen LogP contribution in [0.1, 0.15) is 29.0 Å². The number of carbonyl (C=O) groups excluding carboxylic acids is 2. The SMILES string of the molecule is Cc1c(CN(C)C(=O)C=Cc2cnc3c(c2)N(O)CCC(=O)C3)oc2ccccc12. The van der Waals surface area contributed by atoms with Crippen LogP contribution in [0.5, 0.6) is 0 Å². The Kier molecular flexibility index (Phi) is 5.37. The number of likely N-dealkylation sites (N-methyl/N-ethyl adjacent to an activating group) is 1. The number of fused-ring (bicyclic) bond motifs is 2. The van der Waals surface area contributed by atoms with Crippen LogP contribution < -0.4 is 5.06 Å². The number of ketones is 1. The van der Waals surface area contributed by atoms with Crippen molar-refractivity contribution in [1.82, 2.24) is 9.88 Å². The summed E-state index contributed by atoms with van der Waals surface area (Å²) in [5.41, 5.74) is 3.55. The van der Waals surface area contributed by atoms with Gasteiger partial charge in [-0.3, -0.25) is 24.8 Å². The Morgan fingerprint density at radius 2 is 2.17 bits per heavy atom. The lowest BCUT2D eigenvalue weighted by Gasteiger charge is -2.16. The quantitative estimate of drug-likeness (QED) is 0.669. The zero-order valence-electron chi connectivity index (χ0n) is 17.0. The van der Waals surface area contributed by atoms with E-state index in [1.165, 1.54) is 6.08 Å². The molecule has 3 aromatic rings. The second-order valence-corrected chi connectivity index (χ2v) is 7.50. The van der Waals surface area contributed by atoms with Gasteiger partial charge in [0.05, 0.1) is 30.9 Å². The molecule has 0 saturated heterocycles. The van der Waals surface area contributed by atoms with Crippen LogP contribution in [0.2, 0.25) is 0 Å². The van der Waals surface area contributed by atoms with Gasteiger partial charge in [0.1, 0.15) is 17.1 Å². The summed E-state index contributed by atoms with van der Waals surface area (Å²) in [5.74, 6) is 0.620. The number of carbonyl (C=O) groups is 2. The summed E-state index contributed by atoms with van der Waals surface area (Å²) in [5, 5.41) is 12.2. The molecule has 0 saturated carbocycles. The van der Waals surface area contributed by atoms with Gasteiger partial charge in [-0.2, -0.15) is 0 Å². The number of para-hydroxylation sites is 1. The van der Waals surface area contributed by atoms with Crippen molar-refractivity contribution < 1.29 is 19.2 Å². The number of nitrogens with zero attached hydrogens (tertiary/aromatic N) is 3. The van der Waals surface area contributed by atoms with Gasteiger partial charge in [-0.25, -0.2) is 0 Å². The van der Waals surface area contributed by atoms with Crippen molar-refractivity contribution in [1.29, 1.82) is 0 Å². The summed E-state index contributed by atoms with van der Waals surface area (Å²) in [4.78, 5) is 30.2. The first-order valence-electron chi connectivity index (χ1n) is 9.79. The van der Waals surface area contributed by atoms with Crippen molar-refractivity contribution in [3.8, 4) is 0 Å². The van der Waals surface area contributed by atoms with Crippen molar-refractivity contribution in [2.24, 2.45) is 0 Å². The average Bonchev–Trinajstić information content (AvgIpc) is 2.98. The van der Waals surface area contributed by atoms with E-state index < -0.39 is 0 Å². The van der Waals surface area contributed by atoms with Crippen LogP contribution in [0.4, 0.5) is 5.69 Å². The molecule has 30 heavy (non-hydrogen) atoms. The molecule has 3 heterocycles. The third kappa shape index (κ3) is 3.97. The molecule has 0 atom stereocenters.